The van der Waals surface area contributed by atoms with Crippen molar-refractivity contribution in [3.05, 3.63) is 59.8 Å². The molecule has 96 valence electrons. The topological polar surface area (TPSA) is 4.93 Å². The molecule has 0 amide bonds. The number of hydrogen-bond acceptors (Lipinski definition) is 0. The van der Waals surface area contributed by atoms with Crippen LogP contribution in [0.3, 0.4) is 0 Å². The minimum Gasteiger partial charge on any atom is -0.314 e. The average Bonchev–Trinajstić information content (AvgIpc) is 2.56. The van der Waals surface area contributed by atoms with E-state index >= 15 is 0 Å². The molecule has 0 saturated heterocycles. The largest absolute Gasteiger partial charge is 0.314 e. The molecule has 0 aliphatic heterocycles. The van der Waals surface area contributed by atoms with Gasteiger partial charge >= 0.3 is 0 Å². The highest BCUT2D eigenvalue weighted by Crippen LogP contribution is 2.32. The molecule has 0 fully saturated rings. The van der Waals surface area contributed by atoms with Crippen molar-refractivity contribution in [3.8, 4) is 0 Å². The fraction of sp³-hybridized carbons (Fsp3) is 0.222. The molecule has 1 heterocycles. The number of aromatic nitrogens is 1. The summed E-state index contributed by atoms with van der Waals surface area (Å²) in [4.78, 5) is 0. The quantitative estimate of drug-likeness (QED) is 0.719. The van der Waals surface area contributed by atoms with Crippen LogP contribution in [0.1, 0.15) is 30.7 Å². The summed E-state index contributed by atoms with van der Waals surface area (Å²) in [6.45, 7) is 8.41. The van der Waals surface area contributed by atoms with Crippen molar-refractivity contribution in [2.45, 2.75) is 26.7 Å². The van der Waals surface area contributed by atoms with E-state index in [1.165, 1.54) is 27.7 Å². The van der Waals surface area contributed by atoms with Crippen LogP contribution in [0.2, 0.25) is 0 Å². The molecule has 0 bridgehead atoms. The van der Waals surface area contributed by atoms with E-state index in [-0.39, 0.29) is 0 Å². The summed E-state index contributed by atoms with van der Waals surface area (Å²) in [6, 6.07) is 6.79. The lowest BCUT2D eigenvalue weighted by atomic mass is 10.0. The molecule has 1 aliphatic rings. The van der Waals surface area contributed by atoms with Crippen molar-refractivity contribution in [1.82, 2.24) is 4.57 Å². The average molecular weight is 249 g/mol. The maximum absolute atomic E-state index is 4.14. The van der Waals surface area contributed by atoms with Crippen LogP contribution in [-0.4, -0.2) is 4.57 Å². The number of nitrogens with zero attached hydrogens (tertiary/aromatic N) is 1. The second kappa shape index (κ2) is 4.58. The van der Waals surface area contributed by atoms with E-state index in [1.807, 2.05) is 0 Å². The molecule has 0 N–H and O–H groups in total. The monoisotopic (exact) mass is 249 g/mol. The molecule has 0 radical (unpaired) electrons. The summed E-state index contributed by atoms with van der Waals surface area (Å²) in [7, 11) is 0. The van der Waals surface area contributed by atoms with Gasteiger partial charge in [0.15, 0.2) is 0 Å². The van der Waals surface area contributed by atoms with Crippen LogP contribution in [0.4, 0.5) is 0 Å². The number of hydrogen-bond donors (Lipinski definition) is 0. The van der Waals surface area contributed by atoms with Gasteiger partial charge in [-0.15, -0.1) is 0 Å². The Kier molecular flexibility index (Phi) is 2.90. The Balaban J connectivity index is 2.40. The van der Waals surface area contributed by atoms with Crippen LogP contribution in [0, 0.1) is 0 Å². The third-order valence-corrected chi connectivity index (χ3v) is 3.79. The maximum Gasteiger partial charge on any atom is 0.0534 e. The molecule has 1 aromatic carbocycles. The third kappa shape index (κ3) is 1.86. The summed E-state index contributed by atoms with van der Waals surface area (Å²) in [5.41, 5.74) is 6.43. The van der Waals surface area contributed by atoms with Gasteiger partial charge in [0, 0.05) is 16.8 Å². The molecule has 3 rings (SSSR count). The first-order valence-electron chi connectivity index (χ1n) is 6.87. The molecule has 1 nitrogen and oxygen atoms in total. The first kappa shape index (κ1) is 12.0. The van der Waals surface area contributed by atoms with E-state index in [1.54, 1.807) is 0 Å². The van der Waals surface area contributed by atoms with Crippen molar-refractivity contribution in [2.75, 3.05) is 0 Å². The summed E-state index contributed by atoms with van der Waals surface area (Å²) in [5.74, 6) is 0. The number of aryl methyl sites for hydroxylation is 1. The van der Waals surface area contributed by atoms with Crippen molar-refractivity contribution < 1.29 is 0 Å². The first-order chi connectivity index (χ1) is 9.22. The van der Waals surface area contributed by atoms with Crippen molar-refractivity contribution in [3.63, 3.8) is 0 Å². The standard InChI is InChI=1S/C18H19N/c1-4-14-10-11-18-16(12-14)15-8-6-5-7-9-17(15)19(18)13(2)3/h5-7,9-12H,2,4,8H2,1,3H3. The highest BCUT2D eigenvalue weighted by molar-refractivity contribution is 5.92. The summed E-state index contributed by atoms with van der Waals surface area (Å²) in [5, 5.41) is 1.37. The van der Waals surface area contributed by atoms with Gasteiger partial charge in [0.05, 0.1) is 5.52 Å². The smallest absolute Gasteiger partial charge is 0.0534 e. The fourth-order valence-electron chi connectivity index (χ4n) is 2.85. The zero-order valence-electron chi connectivity index (χ0n) is 11.6. The molecule has 1 aromatic heterocycles. The van der Waals surface area contributed by atoms with Crippen LogP contribution >= 0.6 is 0 Å². The minimum absolute atomic E-state index is 0.992. The molecule has 1 heteroatoms. The molecule has 0 spiro atoms. The van der Waals surface area contributed by atoms with Crippen molar-refractivity contribution in [2.24, 2.45) is 0 Å². The predicted octanol–water partition coefficient (Wildman–Crippen LogP) is 4.82. The molecular weight excluding hydrogens is 230 g/mol. The molecule has 0 saturated carbocycles. The van der Waals surface area contributed by atoms with E-state index in [0.29, 0.717) is 0 Å². The predicted molar refractivity (Wildman–Crippen MR) is 84.2 cm³/mol. The molecule has 19 heavy (non-hydrogen) atoms. The fourth-order valence-corrected chi connectivity index (χ4v) is 2.85. The Labute approximate surface area is 114 Å². The van der Waals surface area contributed by atoms with E-state index in [4.69, 9.17) is 0 Å². The van der Waals surface area contributed by atoms with Gasteiger partial charge in [-0.3, -0.25) is 0 Å². The number of fused-ring (bicyclic) bond motifs is 3. The van der Waals surface area contributed by atoms with E-state index in [0.717, 1.165) is 18.5 Å². The molecule has 0 unspecified atom stereocenters. The van der Waals surface area contributed by atoms with E-state index < -0.39 is 0 Å². The van der Waals surface area contributed by atoms with Gasteiger partial charge in [-0.2, -0.15) is 0 Å². The van der Waals surface area contributed by atoms with Crippen LogP contribution in [-0.2, 0) is 12.8 Å². The zero-order valence-corrected chi connectivity index (χ0v) is 11.6. The molecule has 2 aromatic rings. The van der Waals surface area contributed by atoms with Gasteiger partial charge in [0.2, 0.25) is 0 Å². The van der Waals surface area contributed by atoms with E-state index in [2.05, 4.69) is 67.5 Å². The molecule has 1 aliphatic carbocycles. The van der Waals surface area contributed by atoms with Gasteiger partial charge in [0.1, 0.15) is 0 Å². The van der Waals surface area contributed by atoms with Gasteiger partial charge in [-0.1, -0.05) is 37.8 Å². The van der Waals surface area contributed by atoms with Crippen molar-refractivity contribution in [1.29, 1.82) is 0 Å². The summed E-state index contributed by atoms with van der Waals surface area (Å²) >= 11 is 0. The van der Waals surface area contributed by atoms with Gasteiger partial charge in [-0.05, 0) is 49.1 Å². The van der Waals surface area contributed by atoms with Gasteiger partial charge < -0.3 is 4.57 Å². The molecular formula is C18H19N. The second-order valence-corrected chi connectivity index (χ2v) is 5.13. The van der Waals surface area contributed by atoms with Crippen LogP contribution < -0.4 is 0 Å². The lowest BCUT2D eigenvalue weighted by Crippen LogP contribution is -1.95. The number of benzene rings is 1. The SMILES string of the molecule is C=C(C)n1c2c(c3cc(CC)ccc31)CC=CC=C2. The Morgan fingerprint density at radius 3 is 2.89 bits per heavy atom. The van der Waals surface area contributed by atoms with E-state index in [9.17, 15) is 0 Å². The van der Waals surface area contributed by atoms with Crippen LogP contribution in [0.5, 0.6) is 0 Å². The van der Waals surface area contributed by atoms with Gasteiger partial charge in [0.25, 0.3) is 0 Å². The summed E-state index contributed by atoms with van der Waals surface area (Å²) < 4.78 is 2.27. The van der Waals surface area contributed by atoms with Crippen LogP contribution in [0.25, 0.3) is 22.7 Å². The van der Waals surface area contributed by atoms with Crippen molar-refractivity contribution >= 4 is 22.7 Å². The Morgan fingerprint density at radius 2 is 2.16 bits per heavy atom. The normalized spacial score (nSPS) is 13.6. The Morgan fingerprint density at radius 1 is 1.32 bits per heavy atom. The van der Waals surface area contributed by atoms with Gasteiger partial charge in [-0.25, -0.2) is 0 Å². The Hall–Kier alpha value is -2.02. The highest BCUT2D eigenvalue weighted by atomic mass is 15.0. The zero-order chi connectivity index (χ0) is 13.4. The van der Waals surface area contributed by atoms with Crippen LogP contribution in [0.15, 0.2) is 43.0 Å². The first-order valence-corrected chi connectivity index (χ1v) is 6.87. The lowest BCUT2D eigenvalue weighted by Gasteiger charge is -2.07. The summed E-state index contributed by atoms with van der Waals surface area (Å²) in [6.07, 6.45) is 10.7. The Bertz CT molecular complexity index is 711. The maximum atomic E-state index is 4.14. The second-order valence-electron chi connectivity index (χ2n) is 5.13. The number of rotatable bonds is 2. The lowest BCUT2D eigenvalue weighted by molar-refractivity contribution is 1.11. The third-order valence-electron chi connectivity index (χ3n) is 3.79. The number of allylic oxidation sites excluding steroid dienone is 4. The highest BCUT2D eigenvalue weighted by Gasteiger charge is 2.15. The molecule has 0 atom stereocenters. The minimum atomic E-state index is 0.992.